The summed E-state index contributed by atoms with van der Waals surface area (Å²) in [6.07, 6.45) is 6.87. The quantitative estimate of drug-likeness (QED) is 0.670. The lowest BCUT2D eigenvalue weighted by molar-refractivity contribution is -0.125. The van der Waals surface area contributed by atoms with Gasteiger partial charge in [-0.05, 0) is 13.0 Å². The Morgan fingerprint density at radius 3 is 2.93 bits per heavy atom. The van der Waals surface area contributed by atoms with E-state index in [1.54, 1.807) is 30.3 Å². The van der Waals surface area contributed by atoms with Gasteiger partial charge >= 0.3 is 0 Å². The van der Waals surface area contributed by atoms with Gasteiger partial charge in [0.15, 0.2) is 0 Å². The molecule has 14 heavy (non-hydrogen) atoms. The van der Waals surface area contributed by atoms with Crippen LogP contribution in [0.5, 0.6) is 0 Å². The van der Waals surface area contributed by atoms with E-state index in [0.29, 0.717) is 6.54 Å². The van der Waals surface area contributed by atoms with Crippen molar-refractivity contribution in [3.8, 4) is 0 Å². The maximum Gasteiger partial charge on any atom is 0.246 e. The predicted molar refractivity (Wildman–Crippen MR) is 54.5 cm³/mol. The Morgan fingerprint density at radius 2 is 2.43 bits per heavy atom. The van der Waals surface area contributed by atoms with Crippen molar-refractivity contribution in [2.75, 3.05) is 7.05 Å². The third-order valence-corrected chi connectivity index (χ3v) is 1.99. The van der Waals surface area contributed by atoms with Crippen LogP contribution in [0.2, 0.25) is 0 Å². The van der Waals surface area contributed by atoms with Gasteiger partial charge in [0.2, 0.25) is 5.91 Å². The van der Waals surface area contributed by atoms with Crippen LogP contribution in [0.4, 0.5) is 0 Å². The minimum absolute atomic E-state index is 0.00417. The molecule has 0 fully saturated rings. The molecule has 1 aromatic heterocycles. The van der Waals surface area contributed by atoms with Crippen molar-refractivity contribution in [2.24, 2.45) is 7.05 Å². The average Bonchev–Trinajstić information content (AvgIpc) is 2.52. The summed E-state index contributed by atoms with van der Waals surface area (Å²) in [4.78, 5) is 17.2. The first kappa shape index (κ1) is 10.5. The fourth-order valence-corrected chi connectivity index (χ4v) is 1.11. The molecule has 0 unspecified atom stereocenters. The molecule has 0 N–H and O–H groups in total. The van der Waals surface area contributed by atoms with E-state index in [2.05, 4.69) is 4.98 Å². The summed E-state index contributed by atoms with van der Waals surface area (Å²) in [5.41, 5.74) is 0. The van der Waals surface area contributed by atoms with Gasteiger partial charge in [-0.15, -0.1) is 0 Å². The Morgan fingerprint density at radius 1 is 1.71 bits per heavy atom. The van der Waals surface area contributed by atoms with E-state index in [4.69, 9.17) is 0 Å². The van der Waals surface area contributed by atoms with E-state index in [0.717, 1.165) is 5.82 Å². The number of allylic oxidation sites excluding steroid dienone is 1. The highest BCUT2D eigenvalue weighted by atomic mass is 16.2. The molecule has 4 nitrogen and oxygen atoms in total. The minimum atomic E-state index is -0.00417. The first-order chi connectivity index (χ1) is 6.65. The van der Waals surface area contributed by atoms with Crippen LogP contribution in [0.3, 0.4) is 0 Å². The number of nitrogens with zero attached hydrogens (tertiary/aromatic N) is 3. The highest BCUT2D eigenvalue weighted by molar-refractivity contribution is 5.87. The number of aromatic nitrogens is 2. The lowest BCUT2D eigenvalue weighted by Crippen LogP contribution is -2.25. The van der Waals surface area contributed by atoms with Crippen LogP contribution in [0.15, 0.2) is 24.5 Å². The smallest absolute Gasteiger partial charge is 0.246 e. The van der Waals surface area contributed by atoms with Crippen molar-refractivity contribution in [3.63, 3.8) is 0 Å². The van der Waals surface area contributed by atoms with Crippen LogP contribution >= 0.6 is 0 Å². The lowest BCUT2D eigenvalue weighted by Gasteiger charge is -2.14. The number of rotatable bonds is 3. The molecule has 4 heteroatoms. The number of hydrogen-bond donors (Lipinski definition) is 0. The molecule has 1 amide bonds. The zero-order valence-electron chi connectivity index (χ0n) is 8.77. The van der Waals surface area contributed by atoms with Crippen LogP contribution < -0.4 is 0 Å². The topological polar surface area (TPSA) is 38.1 Å². The number of imidazole rings is 1. The molecular weight excluding hydrogens is 178 g/mol. The summed E-state index contributed by atoms with van der Waals surface area (Å²) in [6, 6.07) is 0. The normalized spacial score (nSPS) is 10.8. The Kier molecular flexibility index (Phi) is 3.45. The second-order valence-corrected chi connectivity index (χ2v) is 3.15. The van der Waals surface area contributed by atoms with Crippen LogP contribution in [-0.2, 0) is 18.4 Å². The van der Waals surface area contributed by atoms with Crippen LogP contribution in [-0.4, -0.2) is 27.4 Å². The first-order valence-corrected chi connectivity index (χ1v) is 4.49. The van der Waals surface area contributed by atoms with Gasteiger partial charge in [0, 0.05) is 26.5 Å². The lowest BCUT2D eigenvalue weighted by atomic mass is 10.4. The fourth-order valence-electron chi connectivity index (χ4n) is 1.11. The number of aryl methyl sites for hydroxylation is 1. The van der Waals surface area contributed by atoms with Gasteiger partial charge in [-0.25, -0.2) is 4.98 Å². The molecule has 1 heterocycles. The maximum atomic E-state index is 11.4. The molecular formula is C10H15N3O. The number of hydrogen-bond acceptors (Lipinski definition) is 2. The first-order valence-electron chi connectivity index (χ1n) is 4.49. The van der Waals surface area contributed by atoms with Crippen LogP contribution in [0.1, 0.15) is 12.7 Å². The number of amides is 1. The van der Waals surface area contributed by atoms with E-state index in [9.17, 15) is 4.79 Å². The summed E-state index contributed by atoms with van der Waals surface area (Å²) < 4.78 is 1.90. The highest BCUT2D eigenvalue weighted by Crippen LogP contribution is 1.99. The highest BCUT2D eigenvalue weighted by Gasteiger charge is 2.07. The molecule has 0 spiro atoms. The summed E-state index contributed by atoms with van der Waals surface area (Å²) >= 11 is 0. The second kappa shape index (κ2) is 4.60. The van der Waals surface area contributed by atoms with Crippen molar-refractivity contribution in [3.05, 3.63) is 30.4 Å². The SMILES string of the molecule is C/C=C/C(=O)N(C)Cc1nccn1C. The largest absolute Gasteiger partial charge is 0.337 e. The van der Waals surface area contributed by atoms with Gasteiger partial charge < -0.3 is 9.47 Å². The van der Waals surface area contributed by atoms with Crippen molar-refractivity contribution in [1.82, 2.24) is 14.5 Å². The van der Waals surface area contributed by atoms with E-state index in [1.807, 2.05) is 24.7 Å². The zero-order chi connectivity index (χ0) is 10.6. The summed E-state index contributed by atoms with van der Waals surface area (Å²) in [5.74, 6) is 0.876. The molecule has 0 aliphatic rings. The number of likely N-dealkylation sites (N-methyl/N-ethyl adjacent to an activating group) is 1. The molecule has 0 radical (unpaired) electrons. The minimum Gasteiger partial charge on any atom is -0.337 e. The molecule has 1 aromatic rings. The van der Waals surface area contributed by atoms with Crippen LogP contribution in [0.25, 0.3) is 0 Å². The van der Waals surface area contributed by atoms with E-state index >= 15 is 0 Å². The Balaban J connectivity index is 2.61. The van der Waals surface area contributed by atoms with E-state index in [1.165, 1.54) is 0 Å². The Bertz CT molecular complexity index is 341. The monoisotopic (exact) mass is 193 g/mol. The van der Waals surface area contributed by atoms with E-state index in [-0.39, 0.29) is 5.91 Å². The van der Waals surface area contributed by atoms with Crippen molar-refractivity contribution >= 4 is 5.91 Å². The van der Waals surface area contributed by atoms with E-state index < -0.39 is 0 Å². The molecule has 0 bridgehead atoms. The molecule has 0 aliphatic heterocycles. The third-order valence-electron chi connectivity index (χ3n) is 1.99. The summed E-state index contributed by atoms with van der Waals surface area (Å²) in [5, 5.41) is 0. The molecule has 0 atom stereocenters. The van der Waals surface area contributed by atoms with Gasteiger partial charge in [0.05, 0.1) is 6.54 Å². The maximum absolute atomic E-state index is 11.4. The van der Waals surface area contributed by atoms with Crippen molar-refractivity contribution in [1.29, 1.82) is 0 Å². The third kappa shape index (κ3) is 2.45. The fraction of sp³-hybridized carbons (Fsp3) is 0.400. The van der Waals surface area contributed by atoms with Crippen molar-refractivity contribution < 1.29 is 4.79 Å². The van der Waals surface area contributed by atoms with Gasteiger partial charge in [0.1, 0.15) is 5.82 Å². The zero-order valence-corrected chi connectivity index (χ0v) is 8.77. The predicted octanol–water partition coefficient (Wildman–Crippen LogP) is 0.955. The van der Waals surface area contributed by atoms with Crippen LogP contribution in [0, 0.1) is 0 Å². The van der Waals surface area contributed by atoms with Gasteiger partial charge in [-0.2, -0.15) is 0 Å². The summed E-state index contributed by atoms with van der Waals surface area (Å²) in [7, 11) is 3.67. The summed E-state index contributed by atoms with van der Waals surface area (Å²) in [6.45, 7) is 2.36. The van der Waals surface area contributed by atoms with Gasteiger partial charge in [-0.1, -0.05) is 6.08 Å². The van der Waals surface area contributed by atoms with Gasteiger partial charge in [-0.3, -0.25) is 4.79 Å². The second-order valence-electron chi connectivity index (χ2n) is 3.15. The molecule has 1 rings (SSSR count). The molecule has 0 aromatic carbocycles. The standard InChI is InChI=1S/C10H15N3O/c1-4-5-10(14)13(3)8-9-11-6-7-12(9)2/h4-7H,8H2,1-3H3/b5-4+. The molecule has 0 saturated heterocycles. The Labute approximate surface area is 83.9 Å². The molecule has 76 valence electrons. The number of carbonyl (C=O) groups is 1. The van der Waals surface area contributed by atoms with Gasteiger partial charge in [0.25, 0.3) is 0 Å². The molecule has 0 aliphatic carbocycles. The average molecular weight is 193 g/mol. The molecule has 0 saturated carbocycles. The Hall–Kier alpha value is -1.58. The number of carbonyl (C=O) groups excluding carboxylic acids is 1. The van der Waals surface area contributed by atoms with Crippen molar-refractivity contribution in [2.45, 2.75) is 13.5 Å².